The number of hydrogen-bond donors (Lipinski definition) is 1. The SMILES string of the molecule is CC(C)NCC(OC1CCOCC1)c1ccccc1Cl. The maximum Gasteiger partial charge on any atom is 0.0967 e. The van der Waals surface area contributed by atoms with E-state index in [2.05, 4.69) is 19.2 Å². The summed E-state index contributed by atoms with van der Waals surface area (Å²) in [4.78, 5) is 0. The standard InChI is InChI=1S/C16H24ClNO2/c1-12(2)18-11-16(14-5-3-4-6-15(14)17)20-13-7-9-19-10-8-13/h3-6,12-13,16,18H,7-11H2,1-2H3. The van der Waals surface area contributed by atoms with Crippen molar-refractivity contribution < 1.29 is 9.47 Å². The molecule has 0 spiro atoms. The zero-order valence-electron chi connectivity index (χ0n) is 12.3. The van der Waals surface area contributed by atoms with Crippen LogP contribution in [0, 0.1) is 0 Å². The van der Waals surface area contributed by atoms with Crippen LogP contribution in [0.25, 0.3) is 0 Å². The summed E-state index contributed by atoms with van der Waals surface area (Å²) in [6.45, 7) is 6.63. The van der Waals surface area contributed by atoms with Crippen LogP contribution < -0.4 is 5.32 Å². The van der Waals surface area contributed by atoms with Gasteiger partial charge in [-0.05, 0) is 18.9 Å². The van der Waals surface area contributed by atoms with Crippen molar-refractivity contribution in [2.45, 2.75) is 44.9 Å². The molecule has 1 aromatic carbocycles. The van der Waals surface area contributed by atoms with Crippen LogP contribution in [0.4, 0.5) is 0 Å². The van der Waals surface area contributed by atoms with Gasteiger partial charge in [0.15, 0.2) is 0 Å². The van der Waals surface area contributed by atoms with Gasteiger partial charge in [-0.3, -0.25) is 0 Å². The number of ether oxygens (including phenoxy) is 2. The van der Waals surface area contributed by atoms with Crippen LogP contribution in [0.15, 0.2) is 24.3 Å². The highest BCUT2D eigenvalue weighted by molar-refractivity contribution is 6.31. The highest BCUT2D eigenvalue weighted by atomic mass is 35.5. The van der Waals surface area contributed by atoms with Crippen LogP contribution in [0.1, 0.15) is 38.4 Å². The molecule has 20 heavy (non-hydrogen) atoms. The molecule has 0 saturated carbocycles. The Kier molecular flexibility index (Phi) is 6.30. The van der Waals surface area contributed by atoms with Crippen molar-refractivity contribution in [3.05, 3.63) is 34.9 Å². The van der Waals surface area contributed by atoms with Crippen molar-refractivity contribution in [2.75, 3.05) is 19.8 Å². The summed E-state index contributed by atoms with van der Waals surface area (Å²) < 4.78 is 11.7. The maximum absolute atomic E-state index is 6.32. The Morgan fingerprint density at radius 1 is 1.30 bits per heavy atom. The molecule has 1 aliphatic heterocycles. The van der Waals surface area contributed by atoms with E-state index in [0.29, 0.717) is 6.04 Å². The Bertz CT molecular complexity index is 405. The minimum atomic E-state index is -0.00537. The lowest BCUT2D eigenvalue weighted by molar-refractivity contribution is -0.0692. The molecule has 2 rings (SSSR count). The summed E-state index contributed by atoms with van der Waals surface area (Å²) in [5, 5.41) is 4.22. The van der Waals surface area contributed by atoms with Crippen LogP contribution in [0.5, 0.6) is 0 Å². The molecule has 0 bridgehead atoms. The van der Waals surface area contributed by atoms with Gasteiger partial charge < -0.3 is 14.8 Å². The summed E-state index contributed by atoms with van der Waals surface area (Å²) in [6.07, 6.45) is 2.18. The molecule has 1 fully saturated rings. The molecule has 0 aromatic heterocycles. The minimum Gasteiger partial charge on any atom is -0.381 e. The van der Waals surface area contributed by atoms with Crippen molar-refractivity contribution in [3.63, 3.8) is 0 Å². The van der Waals surface area contributed by atoms with Crippen molar-refractivity contribution in [1.29, 1.82) is 0 Å². The second-order valence-electron chi connectivity index (χ2n) is 5.52. The van der Waals surface area contributed by atoms with Gasteiger partial charge in [0.1, 0.15) is 0 Å². The van der Waals surface area contributed by atoms with Crippen molar-refractivity contribution in [1.82, 2.24) is 5.32 Å². The first kappa shape index (κ1) is 15.8. The number of halogens is 1. The van der Waals surface area contributed by atoms with Crippen molar-refractivity contribution >= 4 is 11.6 Å². The minimum absolute atomic E-state index is 0.00537. The molecule has 4 heteroatoms. The molecule has 112 valence electrons. The average Bonchev–Trinajstić information content (AvgIpc) is 2.45. The Morgan fingerprint density at radius 3 is 2.65 bits per heavy atom. The first-order valence-corrected chi connectivity index (χ1v) is 7.75. The molecule has 3 nitrogen and oxygen atoms in total. The number of benzene rings is 1. The van der Waals surface area contributed by atoms with E-state index < -0.39 is 0 Å². The quantitative estimate of drug-likeness (QED) is 0.870. The summed E-state index contributed by atoms with van der Waals surface area (Å²) in [5.41, 5.74) is 1.06. The number of nitrogens with one attached hydrogen (secondary N) is 1. The number of rotatable bonds is 6. The topological polar surface area (TPSA) is 30.5 Å². The normalized spacial score (nSPS) is 18.4. The average molecular weight is 298 g/mol. The summed E-state index contributed by atoms with van der Waals surface area (Å²) in [5.74, 6) is 0. The predicted octanol–water partition coefficient (Wildman–Crippen LogP) is 3.57. The van der Waals surface area contributed by atoms with Crippen LogP contribution in [-0.2, 0) is 9.47 Å². The fraction of sp³-hybridized carbons (Fsp3) is 0.625. The lowest BCUT2D eigenvalue weighted by atomic mass is 10.1. The van der Waals surface area contributed by atoms with Gasteiger partial charge in [-0.1, -0.05) is 43.6 Å². The third-order valence-corrected chi connectivity index (χ3v) is 3.83. The Hall–Kier alpha value is -0.610. The zero-order chi connectivity index (χ0) is 14.4. The van der Waals surface area contributed by atoms with Crippen molar-refractivity contribution in [2.24, 2.45) is 0 Å². The van der Waals surface area contributed by atoms with Gasteiger partial charge in [0.25, 0.3) is 0 Å². The van der Waals surface area contributed by atoms with Gasteiger partial charge in [0.2, 0.25) is 0 Å². The fourth-order valence-electron chi connectivity index (χ4n) is 2.35. The van der Waals surface area contributed by atoms with Gasteiger partial charge in [0.05, 0.1) is 12.2 Å². The van der Waals surface area contributed by atoms with Crippen LogP contribution in [0.2, 0.25) is 5.02 Å². The lowest BCUT2D eigenvalue weighted by Gasteiger charge is -2.29. The third kappa shape index (κ3) is 4.74. The van der Waals surface area contributed by atoms with E-state index in [1.165, 1.54) is 0 Å². The smallest absolute Gasteiger partial charge is 0.0967 e. The van der Waals surface area contributed by atoms with E-state index in [-0.39, 0.29) is 12.2 Å². The molecule has 1 unspecified atom stereocenters. The molecule has 1 N–H and O–H groups in total. The van der Waals surface area contributed by atoms with Crippen LogP contribution >= 0.6 is 11.6 Å². The Balaban J connectivity index is 2.05. The summed E-state index contributed by atoms with van der Waals surface area (Å²) >= 11 is 6.32. The van der Waals surface area contributed by atoms with Gasteiger partial charge in [-0.15, -0.1) is 0 Å². The number of hydrogen-bond acceptors (Lipinski definition) is 3. The molecule has 1 atom stereocenters. The monoisotopic (exact) mass is 297 g/mol. The fourth-order valence-corrected chi connectivity index (χ4v) is 2.61. The summed E-state index contributed by atoms with van der Waals surface area (Å²) in [6, 6.07) is 8.36. The molecular weight excluding hydrogens is 274 g/mol. The van der Waals surface area contributed by atoms with Crippen LogP contribution in [0.3, 0.4) is 0 Å². The molecule has 1 heterocycles. The second kappa shape index (κ2) is 7.99. The van der Waals surface area contributed by atoms with Gasteiger partial charge in [-0.25, -0.2) is 0 Å². The van der Waals surface area contributed by atoms with Gasteiger partial charge in [0, 0.05) is 36.4 Å². The second-order valence-corrected chi connectivity index (χ2v) is 5.93. The molecule has 0 amide bonds. The first-order chi connectivity index (χ1) is 9.66. The maximum atomic E-state index is 6.32. The molecule has 1 aliphatic rings. The molecule has 1 aromatic rings. The predicted molar refractivity (Wildman–Crippen MR) is 82.3 cm³/mol. The van der Waals surface area contributed by atoms with E-state index in [9.17, 15) is 0 Å². The van der Waals surface area contributed by atoms with Gasteiger partial charge in [-0.2, -0.15) is 0 Å². The third-order valence-electron chi connectivity index (χ3n) is 3.49. The highest BCUT2D eigenvalue weighted by Gasteiger charge is 2.22. The summed E-state index contributed by atoms with van der Waals surface area (Å²) in [7, 11) is 0. The first-order valence-electron chi connectivity index (χ1n) is 7.38. The largest absolute Gasteiger partial charge is 0.381 e. The van der Waals surface area contributed by atoms with Gasteiger partial charge >= 0.3 is 0 Å². The van der Waals surface area contributed by atoms with E-state index in [4.69, 9.17) is 21.1 Å². The Morgan fingerprint density at radius 2 is 2.00 bits per heavy atom. The van der Waals surface area contributed by atoms with E-state index in [0.717, 1.165) is 43.2 Å². The van der Waals surface area contributed by atoms with E-state index >= 15 is 0 Å². The molecule has 0 aliphatic carbocycles. The van der Waals surface area contributed by atoms with Crippen LogP contribution in [-0.4, -0.2) is 31.9 Å². The highest BCUT2D eigenvalue weighted by Crippen LogP contribution is 2.28. The van der Waals surface area contributed by atoms with Crippen molar-refractivity contribution in [3.8, 4) is 0 Å². The lowest BCUT2D eigenvalue weighted by Crippen LogP contribution is -2.33. The molecule has 1 saturated heterocycles. The van der Waals surface area contributed by atoms with E-state index in [1.54, 1.807) is 0 Å². The Labute approximate surface area is 126 Å². The zero-order valence-corrected chi connectivity index (χ0v) is 13.0. The van der Waals surface area contributed by atoms with E-state index in [1.807, 2.05) is 24.3 Å². The molecule has 0 radical (unpaired) electrons. The molecular formula is C16H24ClNO2.